The second kappa shape index (κ2) is 6.49. The van der Waals surface area contributed by atoms with Crippen LogP contribution in [0.3, 0.4) is 0 Å². The topological polar surface area (TPSA) is 43.6 Å². The first kappa shape index (κ1) is 15.7. The quantitative estimate of drug-likeness (QED) is 0.708. The van der Waals surface area contributed by atoms with Crippen molar-refractivity contribution in [1.82, 2.24) is 19.5 Å². The molecule has 1 aromatic carbocycles. The van der Waals surface area contributed by atoms with E-state index in [4.69, 9.17) is 0 Å². The third kappa shape index (κ3) is 3.41. The minimum Gasteiger partial charge on any atom is -0.334 e. The molecule has 0 amide bonds. The third-order valence-electron chi connectivity index (χ3n) is 4.44. The summed E-state index contributed by atoms with van der Waals surface area (Å²) < 4.78 is 2.05. The normalized spacial score (nSPS) is 12.9. The fourth-order valence-corrected chi connectivity index (χ4v) is 2.83. The van der Waals surface area contributed by atoms with Crippen LogP contribution in [-0.2, 0) is 13.5 Å². The number of hydrogen-bond acceptors (Lipinski definition) is 3. The molecule has 0 aliphatic rings. The van der Waals surface area contributed by atoms with E-state index in [0.717, 1.165) is 29.9 Å². The maximum absolute atomic E-state index is 4.66. The zero-order valence-electron chi connectivity index (χ0n) is 14.3. The van der Waals surface area contributed by atoms with Crippen LogP contribution in [0.2, 0.25) is 0 Å². The average molecular weight is 308 g/mol. The van der Waals surface area contributed by atoms with E-state index < -0.39 is 0 Å². The predicted octanol–water partition coefficient (Wildman–Crippen LogP) is 4.22. The molecule has 0 aliphatic heterocycles. The molecule has 1 unspecified atom stereocenters. The van der Waals surface area contributed by atoms with E-state index in [0.29, 0.717) is 11.8 Å². The summed E-state index contributed by atoms with van der Waals surface area (Å²) in [6, 6.07) is 8.57. The maximum Gasteiger partial charge on any atom is 0.128 e. The molecule has 2 heterocycles. The SMILES string of the molecule is CC(C)c1ccnc(CCC(C)c2ccc3c(c2)ncn3C)n1. The smallest absolute Gasteiger partial charge is 0.128 e. The van der Waals surface area contributed by atoms with Gasteiger partial charge in [0.15, 0.2) is 0 Å². The summed E-state index contributed by atoms with van der Waals surface area (Å²) in [5, 5.41) is 0. The molecule has 0 saturated carbocycles. The largest absolute Gasteiger partial charge is 0.334 e. The lowest BCUT2D eigenvalue weighted by Crippen LogP contribution is -2.03. The second-order valence-corrected chi connectivity index (χ2v) is 6.60. The van der Waals surface area contributed by atoms with Crippen LogP contribution < -0.4 is 0 Å². The van der Waals surface area contributed by atoms with Gasteiger partial charge in [0.2, 0.25) is 0 Å². The van der Waals surface area contributed by atoms with Crippen LogP contribution in [0.25, 0.3) is 11.0 Å². The van der Waals surface area contributed by atoms with Crippen molar-refractivity contribution in [2.75, 3.05) is 0 Å². The second-order valence-electron chi connectivity index (χ2n) is 6.60. The van der Waals surface area contributed by atoms with Crippen molar-refractivity contribution in [3.63, 3.8) is 0 Å². The van der Waals surface area contributed by atoms with Gasteiger partial charge in [0.1, 0.15) is 5.82 Å². The predicted molar refractivity (Wildman–Crippen MR) is 93.6 cm³/mol. The van der Waals surface area contributed by atoms with E-state index in [1.54, 1.807) is 0 Å². The first-order chi connectivity index (χ1) is 11.0. The van der Waals surface area contributed by atoms with Crippen LogP contribution in [-0.4, -0.2) is 19.5 Å². The third-order valence-corrected chi connectivity index (χ3v) is 4.44. The van der Waals surface area contributed by atoms with Crippen molar-refractivity contribution < 1.29 is 0 Å². The van der Waals surface area contributed by atoms with Gasteiger partial charge >= 0.3 is 0 Å². The molecule has 0 bridgehead atoms. The Morgan fingerprint density at radius 3 is 2.70 bits per heavy atom. The van der Waals surface area contributed by atoms with Crippen LogP contribution in [0.1, 0.15) is 56.1 Å². The Hall–Kier alpha value is -2.23. The number of imidazole rings is 1. The summed E-state index contributed by atoms with van der Waals surface area (Å²) in [6.45, 7) is 6.59. The first-order valence-corrected chi connectivity index (χ1v) is 8.27. The Morgan fingerprint density at radius 1 is 1.09 bits per heavy atom. The zero-order chi connectivity index (χ0) is 16.4. The summed E-state index contributed by atoms with van der Waals surface area (Å²) in [5.41, 5.74) is 4.69. The van der Waals surface area contributed by atoms with Gasteiger partial charge in [0.05, 0.1) is 17.4 Å². The Morgan fingerprint density at radius 2 is 1.91 bits per heavy atom. The summed E-state index contributed by atoms with van der Waals surface area (Å²) in [7, 11) is 2.03. The maximum atomic E-state index is 4.66. The summed E-state index contributed by atoms with van der Waals surface area (Å²) in [6.07, 6.45) is 5.69. The van der Waals surface area contributed by atoms with Crippen molar-refractivity contribution >= 4 is 11.0 Å². The van der Waals surface area contributed by atoms with Crippen molar-refractivity contribution in [3.8, 4) is 0 Å². The summed E-state index contributed by atoms with van der Waals surface area (Å²) in [5.74, 6) is 1.86. The standard InChI is InChI=1S/C19H24N4/c1-13(2)16-9-10-20-19(22-16)8-5-14(3)15-6-7-18-17(11-15)21-12-23(18)4/h6-7,9-14H,5,8H2,1-4H3. The van der Waals surface area contributed by atoms with E-state index in [1.807, 2.05) is 25.6 Å². The van der Waals surface area contributed by atoms with Crippen LogP contribution in [0.5, 0.6) is 0 Å². The minimum atomic E-state index is 0.445. The fourth-order valence-electron chi connectivity index (χ4n) is 2.83. The van der Waals surface area contributed by atoms with Crippen molar-refractivity contribution in [1.29, 1.82) is 0 Å². The highest BCUT2D eigenvalue weighted by Gasteiger charge is 2.10. The molecule has 120 valence electrons. The molecule has 4 nitrogen and oxygen atoms in total. The Labute approximate surface area is 137 Å². The van der Waals surface area contributed by atoms with Crippen LogP contribution in [0.15, 0.2) is 36.8 Å². The number of hydrogen-bond donors (Lipinski definition) is 0. The van der Waals surface area contributed by atoms with Crippen molar-refractivity contribution in [2.45, 2.75) is 45.4 Å². The molecule has 0 spiro atoms. The van der Waals surface area contributed by atoms with Gasteiger partial charge in [0.25, 0.3) is 0 Å². The van der Waals surface area contributed by atoms with Gasteiger partial charge in [-0.1, -0.05) is 26.8 Å². The van der Waals surface area contributed by atoms with Crippen molar-refractivity contribution in [3.05, 3.63) is 53.9 Å². The van der Waals surface area contributed by atoms with Gasteiger partial charge in [-0.3, -0.25) is 0 Å². The highest BCUT2D eigenvalue weighted by Crippen LogP contribution is 2.24. The van der Waals surface area contributed by atoms with Gasteiger partial charge < -0.3 is 4.57 Å². The molecule has 0 saturated heterocycles. The van der Waals surface area contributed by atoms with Crippen molar-refractivity contribution in [2.24, 2.45) is 7.05 Å². The number of rotatable bonds is 5. The number of nitrogens with zero attached hydrogens (tertiary/aromatic N) is 4. The number of aromatic nitrogens is 4. The van der Waals surface area contributed by atoms with Gasteiger partial charge in [-0.2, -0.15) is 0 Å². The highest BCUT2D eigenvalue weighted by atomic mass is 15.0. The van der Waals surface area contributed by atoms with E-state index >= 15 is 0 Å². The van der Waals surface area contributed by atoms with Gasteiger partial charge in [-0.15, -0.1) is 0 Å². The van der Waals surface area contributed by atoms with E-state index in [2.05, 4.69) is 58.5 Å². The molecular formula is C19H24N4. The lowest BCUT2D eigenvalue weighted by molar-refractivity contribution is 0.652. The van der Waals surface area contributed by atoms with Crippen LogP contribution in [0, 0.1) is 0 Å². The molecule has 0 aliphatic carbocycles. The number of fused-ring (bicyclic) bond motifs is 1. The number of aryl methyl sites for hydroxylation is 2. The zero-order valence-corrected chi connectivity index (χ0v) is 14.3. The van der Waals surface area contributed by atoms with Gasteiger partial charge in [0, 0.05) is 25.4 Å². The molecular weight excluding hydrogens is 284 g/mol. The summed E-state index contributed by atoms with van der Waals surface area (Å²) in [4.78, 5) is 13.5. The Balaban J connectivity index is 1.70. The average Bonchev–Trinajstić information content (AvgIpc) is 2.93. The Bertz CT molecular complexity index is 804. The first-order valence-electron chi connectivity index (χ1n) is 8.27. The van der Waals surface area contributed by atoms with Gasteiger partial charge in [-0.05, 0) is 42.0 Å². The molecule has 4 heteroatoms. The minimum absolute atomic E-state index is 0.445. The number of benzene rings is 1. The Kier molecular flexibility index (Phi) is 4.42. The van der Waals surface area contributed by atoms with Crippen LogP contribution in [0.4, 0.5) is 0 Å². The highest BCUT2D eigenvalue weighted by molar-refractivity contribution is 5.76. The molecule has 23 heavy (non-hydrogen) atoms. The molecule has 0 fully saturated rings. The molecule has 0 radical (unpaired) electrons. The summed E-state index contributed by atoms with van der Waals surface area (Å²) >= 11 is 0. The molecule has 3 aromatic rings. The molecule has 0 N–H and O–H groups in total. The molecule has 3 rings (SSSR count). The lowest BCUT2D eigenvalue weighted by atomic mass is 9.95. The molecule has 2 aromatic heterocycles. The van der Waals surface area contributed by atoms with E-state index in [1.165, 1.54) is 11.1 Å². The lowest BCUT2D eigenvalue weighted by Gasteiger charge is -2.12. The monoisotopic (exact) mass is 308 g/mol. The molecule has 1 atom stereocenters. The van der Waals surface area contributed by atoms with E-state index in [9.17, 15) is 0 Å². The van der Waals surface area contributed by atoms with Gasteiger partial charge in [-0.25, -0.2) is 15.0 Å². The van der Waals surface area contributed by atoms with Crippen LogP contribution >= 0.6 is 0 Å². The van der Waals surface area contributed by atoms with E-state index in [-0.39, 0.29) is 0 Å². The fraction of sp³-hybridized carbons (Fsp3) is 0.421.